The third kappa shape index (κ3) is 3.41. The van der Waals surface area contributed by atoms with E-state index in [1.165, 1.54) is 6.20 Å². The lowest BCUT2D eigenvalue weighted by molar-refractivity contribution is 0.0692. The zero-order valence-corrected chi connectivity index (χ0v) is 10.2. The summed E-state index contributed by atoms with van der Waals surface area (Å²) in [4.78, 5) is 14.5. The molecule has 0 aliphatic rings. The monoisotopic (exact) mass is 240 g/mol. The van der Waals surface area contributed by atoms with E-state index in [2.05, 4.69) is 24.1 Å². The number of carbonyl (C=O) groups is 1. The minimum Gasteiger partial charge on any atom is -0.478 e. The largest absolute Gasteiger partial charge is 0.478 e. The summed E-state index contributed by atoms with van der Waals surface area (Å²) in [6.07, 6.45) is 1.29. The molecule has 0 saturated carbocycles. The molecule has 1 rings (SSSR count). The smallest absolute Gasteiger partial charge is 0.338 e. The summed E-state index contributed by atoms with van der Waals surface area (Å²) in [6, 6.07) is 1.15. The number of anilines is 1. The zero-order chi connectivity index (χ0) is 13.0. The molecular weight excluding hydrogens is 223 g/mol. The van der Waals surface area contributed by atoms with Crippen LogP contribution in [0.1, 0.15) is 31.1 Å². The van der Waals surface area contributed by atoms with Crippen molar-refractivity contribution in [2.24, 2.45) is 11.8 Å². The first-order chi connectivity index (χ1) is 7.93. The van der Waals surface area contributed by atoms with Gasteiger partial charge >= 0.3 is 5.97 Å². The van der Waals surface area contributed by atoms with E-state index in [1.807, 2.05) is 6.92 Å². The van der Waals surface area contributed by atoms with Gasteiger partial charge < -0.3 is 10.4 Å². The number of rotatable bonds is 5. The number of aromatic nitrogens is 1. The normalized spacial score (nSPS) is 12.5. The molecule has 0 aliphatic heterocycles. The van der Waals surface area contributed by atoms with E-state index in [0.29, 0.717) is 18.4 Å². The van der Waals surface area contributed by atoms with Crippen molar-refractivity contribution in [3.8, 4) is 0 Å². The van der Waals surface area contributed by atoms with Crippen LogP contribution in [-0.4, -0.2) is 22.6 Å². The van der Waals surface area contributed by atoms with Crippen LogP contribution in [0.15, 0.2) is 12.3 Å². The predicted octanol–water partition coefficient (Wildman–Crippen LogP) is 2.62. The predicted molar refractivity (Wildman–Crippen MR) is 63.6 cm³/mol. The van der Waals surface area contributed by atoms with Gasteiger partial charge in [0.05, 0.1) is 0 Å². The van der Waals surface area contributed by atoms with E-state index >= 15 is 0 Å². The molecule has 1 heterocycles. The summed E-state index contributed by atoms with van der Waals surface area (Å²) in [6.45, 7) is 6.74. The Labute approximate surface area is 99.9 Å². The van der Waals surface area contributed by atoms with Crippen molar-refractivity contribution in [3.63, 3.8) is 0 Å². The van der Waals surface area contributed by atoms with Crippen LogP contribution >= 0.6 is 0 Å². The minimum absolute atomic E-state index is 0.00241. The van der Waals surface area contributed by atoms with Crippen LogP contribution in [0.2, 0.25) is 0 Å². The first-order valence-corrected chi connectivity index (χ1v) is 5.55. The Bertz CT molecular complexity index is 407. The molecule has 0 amide bonds. The maximum atomic E-state index is 13.7. The summed E-state index contributed by atoms with van der Waals surface area (Å²) in [5.74, 6) is -1.28. The minimum atomic E-state index is -1.29. The van der Waals surface area contributed by atoms with Crippen LogP contribution < -0.4 is 5.32 Å². The van der Waals surface area contributed by atoms with Gasteiger partial charge in [0, 0.05) is 12.7 Å². The van der Waals surface area contributed by atoms with Crippen molar-refractivity contribution in [3.05, 3.63) is 23.6 Å². The van der Waals surface area contributed by atoms with E-state index in [-0.39, 0.29) is 11.4 Å². The summed E-state index contributed by atoms with van der Waals surface area (Å²) in [5, 5.41) is 11.6. The van der Waals surface area contributed by atoms with E-state index < -0.39 is 11.8 Å². The molecule has 5 heteroatoms. The highest BCUT2D eigenvalue weighted by Crippen LogP contribution is 2.17. The van der Waals surface area contributed by atoms with Gasteiger partial charge in [0.2, 0.25) is 0 Å². The highest BCUT2D eigenvalue weighted by Gasteiger charge is 2.15. The fourth-order valence-electron chi connectivity index (χ4n) is 1.23. The van der Waals surface area contributed by atoms with Gasteiger partial charge in [0.25, 0.3) is 0 Å². The summed E-state index contributed by atoms with van der Waals surface area (Å²) in [7, 11) is 0. The van der Waals surface area contributed by atoms with Gasteiger partial charge in [-0.05, 0) is 17.9 Å². The molecular formula is C12H17FN2O2. The summed E-state index contributed by atoms with van der Waals surface area (Å²) >= 11 is 0. The average molecular weight is 240 g/mol. The number of nitrogens with zero attached hydrogens (tertiary/aromatic N) is 1. The van der Waals surface area contributed by atoms with Gasteiger partial charge in [-0.25, -0.2) is 14.2 Å². The van der Waals surface area contributed by atoms with Crippen molar-refractivity contribution in [2.45, 2.75) is 20.8 Å². The molecule has 4 nitrogen and oxygen atoms in total. The topological polar surface area (TPSA) is 62.2 Å². The second-order valence-corrected chi connectivity index (χ2v) is 4.43. The Morgan fingerprint density at radius 3 is 2.71 bits per heavy atom. The fourth-order valence-corrected chi connectivity index (χ4v) is 1.23. The average Bonchev–Trinajstić information content (AvgIpc) is 2.26. The van der Waals surface area contributed by atoms with Crippen LogP contribution in [0.5, 0.6) is 0 Å². The number of hydrogen-bond acceptors (Lipinski definition) is 3. The first kappa shape index (κ1) is 13.4. The molecule has 0 bridgehead atoms. The molecule has 0 aliphatic carbocycles. The third-order valence-corrected chi connectivity index (χ3v) is 2.85. The van der Waals surface area contributed by atoms with Crippen molar-refractivity contribution < 1.29 is 14.3 Å². The van der Waals surface area contributed by atoms with Gasteiger partial charge in [-0.15, -0.1) is 0 Å². The maximum Gasteiger partial charge on any atom is 0.338 e. The van der Waals surface area contributed by atoms with Gasteiger partial charge in [0.15, 0.2) is 11.6 Å². The Hall–Kier alpha value is -1.65. The molecule has 0 spiro atoms. The highest BCUT2D eigenvalue weighted by molar-refractivity contribution is 5.88. The Balaban J connectivity index is 2.79. The number of carboxylic acids is 1. The van der Waals surface area contributed by atoms with E-state index in [4.69, 9.17) is 5.11 Å². The van der Waals surface area contributed by atoms with Crippen LogP contribution in [-0.2, 0) is 0 Å². The maximum absolute atomic E-state index is 13.7. The highest BCUT2D eigenvalue weighted by atomic mass is 19.1. The summed E-state index contributed by atoms with van der Waals surface area (Å²) in [5.41, 5.74) is -0.361. The van der Waals surface area contributed by atoms with Crippen molar-refractivity contribution in [1.29, 1.82) is 0 Å². The van der Waals surface area contributed by atoms with Crippen LogP contribution in [0.3, 0.4) is 0 Å². The molecule has 1 aromatic heterocycles. The van der Waals surface area contributed by atoms with Crippen molar-refractivity contribution in [2.75, 3.05) is 11.9 Å². The van der Waals surface area contributed by atoms with Crippen molar-refractivity contribution >= 4 is 11.8 Å². The number of pyridine rings is 1. The molecule has 17 heavy (non-hydrogen) atoms. The molecule has 1 aromatic rings. The number of aromatic carboxylic acids is 1. The number of nitrogens with one attached hydrogen (secondary N) is 1. The molecule has 1 unspecified atom stereocenters. The Kier molecular flexibility index (Phi) is 4.43. The molecule has 94 valence electrons. The SMILES string of the molecule is CC(C)C(C)CNc1nccc(C(=O)O)c1F. The van der Waals surface area contributed by atoms with E-state index in [0.717, 1.165) is 6.07 Å². The summed E-state index contributed by atoms with van der Waals surface area (Å²) < 4.78 is 13.7. The van der Waals surface area contributed by atoms with E-state index in [1.54, 1.807) is 0 Å². The van der Waals surface area contributed by atoms with Gasteiger partial charge in [-0.2, -0.15) is 0 Å². The standard InChI is InChI=1S/C12H17FN2O2/c1-7(2)8(3)6-15-11-10(13)9(12(16)17)4-5-14-11/h4-5,7-8H,6H2,1-3H3,(H,14,15)(H,16,17). The van der Waals surface area contributed by atoms with E-state index in [9.17, 15) is 9.18 Å². The van der Waals surface area contributed by atoms with Crippen LogP contribution in [0.25, 0.3) is 0 Å². The lowest BCUT2D eigenvalue weighted by atomic mass is 9.98. The van der Waals surface area contributed by atoms with Crippen LogP contribution in [0, 0.1) is 17.7 Å². The van der Waals surface area contributed by atoms with Gasteiger partial charge in [-0.3, -0.25) is 0 Å². The molecule has 0 radical (unpaired) electrons. The zero-order valence-electron chi connectivity index (χ0n) is 10.2. The third-order valence-electron chi connectivity index (χ3n) is 2.85. The lowest BCUT2D eigenvalue weighted by Crippen LogP contribution is -2.18. The van der Waals surface area contributed by atoms with Gasteiger partial charge in [-0.1, -0.05) is 20.8 Å². The number of hydrogen-bond donors (Lipinski definition) is 2. The first-order valence-electron chi connectivity index (χ1n) is 5.55. The fraction of sp³-hybridized carbons (Fsp3) is 0.500. The molecule has 0 saturated heterocycles. The number of halogens is 1. The lowest BCUT2D eigenvalue weighted by Gasteiger charge is -2.16. The molecule has 1 atom stereocenters. The quantitative estimate of drug-likeness (QED) is 0.830. The Morgan fingerprint density at radius 2 is 2.18 bits per heavy atom. The number of carboxylic acid groups (broad SMARTS) is 1. The second kappa shape index (κ2) is 5.61. The Morgan fingerprint density at radius 1 is 1.53 bits per heavy atom. The second-order valence-electron chi connectivity index (χ2n) is 4.43. The molecule has 0 fully saturated rings. The van der Waals surface area contributed by atoms with Crippen molar-refractivity contribution in [1.82, 2.24) is 4.98 Å². The van der Waals surface area contributed by atoms with Crippen LogP contribution in [0.4, 0.5) is 10.2 Å². The van der Waals surface area contributed by atoms with Gasteiger partial charge in [0.1, 0.15) is 5.56 Å². The molecule has 0 aromatic carbocycles. The molecule has 2 N–H and O–H groups in total.